The summed E-state index contributed by atoms with van der Waals surface area (Å²) in [5, 5.41) is 13.2. The number of aliphatic hydroxyl groups excluding tert-OH is 1. The molecule has 1 unspecified atom stereocenters. The van der Waals surface area contributed by atoms with E-state index in [4.69, 9.17) is 0 Å². The molecule has 2 heterocycles. The van der Waals surface area contributed by atoms with Crippen molar-refractivity contribution in [3.05, 3.63) is 48.5 Å². The van der Waals surface area contributed by atoms with E-state index in [1.165, 1.54) is 21.8 Å². The van der Waals surface area contributed by atoms with Gasteiger partial charge in [0.2, 0.25) is 0 Å². The van der Waals surface area contributed by atoms with E-state index in [9.17, 15) is 5.11 Å². The summed E-state index contributed by atoms with van der Waals surface area (Å²) >= 11 is 1.73. The van der Waals surface area contributed by atoms with Crippen LogP contribution in [0.3, 0.4) is 0 Å². The van der Waals surface area contributed by atoms with Crippen LogP contribution in [0.4, 0.5) is 0 Å². The fraction of sp³-hybridized carbons (Fsp3) is 0.368. The summed E-state index contributed by atoms with van der Waals surface area (Å²) in [6.07, 6.45) is 0.772. The van der Waals surface area contributed by atoms with Gasteiger partial charge in [-0.3, -0.25) is 0 Å². The molecule has 126 valence electrons. The van der Waals surface area contributed by atoms with E-state index in [1.54, 1.807) is 12.1 Å². The van der Waals surface area contributed by atoms with Gasteiger partial charge in [-0.15, -0.1) is 0 Å². The van der Waals surface area contributed by atoms with E-state index < -0.39 is 0 Å². The lowest BCUT2D eigenvalue weighted by molar-refractivity contribution is 0.129. The van der Waals surface area contributed by atoms with Crippen LogP contribution in [0.15, 0.2) is 48.5 Å². The second-order valence-corrected chi connectivity index (χ2v) is 7.78. The predicted molar refractivity (Wildman–Crippen MR) is 102 cm³/mol. The summed E-state index contributed by atoms with van der Waals surface area (Å²) in [4.78, 5) is 0. The number of aromatic nitrogens is 1. The Kier molecular flexibility index (Phi) is 4.50. The van der Waals surface area contributed by atoms with E-state index >= 15 is 0 Å². The van der Waals surface area contributed by atoms with Gasteiger partial charge in [-0.05, 0) is 25.6 Å². The van der Waals surface area contributed by atoms with Crippen LogP contribution in [0.1, 0.15) is 6.42 Å². The maximum Gasteiger partial charge on any atom is 0.0855 e. The van der Waals surface area contributed by atoms with Crippen molar-refractivity contribution in [3.63, 3.8) is 0 Å². The highest BCUT2D eigenvalue weighted by Crippen LogP contribution is 2.29. The molecule has 2 aromatic carbocycles. The molecule has 24 heavy (non-hydrogen) atoms. The lowest BCUT2D eigenvalue weighted by Gasteiger charge is -2.32. The minimum absolute atomic E-state index is 0.386. The number of rotatable bonds is 4. The third-order valence-electron chi connectivity index (χ3n) is 4.62. The molecule has 3 aromatic rings. The van der Waals surface area contributed by atoms with Crippen LogP contribution in [-0.2, 0) is 6.54 Å². The van der Waals surface area contributed by atoms with Gasteiger partial charge in [-0.1, -0.05) is 36.4 Å². The van der Waals surface area contributed by atoms with Crippen molar-refractivity contribution in [2.24, 2.45) is 0 Å². The molecule has 0 bridgehead atoms. The first-order valence-electron chi connectivity index (χ1n) is 8.50. The van der Waals surface area contributed by atoms with Crippen LogP contribution in [0.5, 0.6) is 0 Å². The number of β-amino-alcohol motifs (C(OH)–C–C–N with tert-alkyl or cyclic N) is 1. The van der Waals surface area contributed by atoms with Crippen molar-refractivity contribution in [1.29, 1.82) is 0 Å². The fourth-order valence-corrected chi connectivity index (χ4v) is 4.63. The average Bonchev–Trinajstić information content (AvgIpc) is 2.90. The third-order valence-corrected chi connectivity index (χ3v) is 5.65. The van der Waals surface area contributed by atoms with Crippen molar-refractivity contribution < 1.29 is 5.11 Å². The Morgan fingerprint density at radius 2 is 1.58 bits per heavy atom. The first kappa shape index (κ1) is 16.0. The molecule has 1 atom stereocenters. The van der Waals surface area contributed by atoms with Crippen molar-refractivity contribution in [2.45, 2.75) is 19.1 Å². The monoisotopic (exact) mass is 341 g/mol. The summed E-state index contributed by atoms with van der Waals surface area (Å²) in [6.45, 7) is 3.47. The van der Waals surface area contributed by atoms with Crippen LogP contribution >= 0.6 is 12.1 Å². The molecule has 0 radical (unpaired) electrons. The second-order valence-electron chi connectivity index (χ2n) is 6.47. The van der Waals surface area contributed by atoms with Crippen molar-refractivity contribution in [1.82, 2.24) is 13.2 Å². The Balaban J connectivity index is 1.61. The molecular weight excluding hydrogens is 318 g/mol. The van der Waals surface area contributed by atoms with Gasteiger partial charge in [0.15, 0.2) is 0 Å². The van der Waals surface area contributed by atoms with E-state index in [1.807, 2.05) is 0 Å². The topological polar surface area (TPSA) is 31.6 Å². The zero-order valence-electron chi connectivity index (χ0n) is 13.9. The maximum atomic E-state index is 10.7. The van der Waals surface area contributed by atoms with Gasteiger partial charge in [0.25, 0.3) is 0 Å². The second kappa shape index (κ2) is 6.76. The Hall–Kier alpha value is -1.53. The van der Waals surface area contributed by atoms with E-state index in [0.29, 0.717) is 13.1 Å². The molecule has 5 heteroatoms. The molecular formula is C19H23N3OS. The smallest absolute Gasteiger partial charge is 0.0855 e. The van der Waals surface area contributed by atoms with Crippen molar-refractivity contribution in [3.8, 4) is 0 Å². The summed E-state index contributed by atoms with van der Waals surface area (Å²) in [6, 6.07) is 16.9. The molecule has 4 rings (SSSR count). The van der Waals surface area contributed by atoms with Crippen LogP contribution in [-0.4, -0.2) is 51.1 Å². The zero-order chi connectivity index (χ0) is 16.5. The highest BCUT2D eigenvalue weighted by atomic mass is 32.2. The molecule has 1 saturated heterocycles. The van der Waals surface area contributed by atoms with Gasteiger partial charge < -0.3 is 9.67 Å². The number of nitrogens with zero attached hydrogens (tertiary/aromatic N) is 3. The van der Waals surface area contributed by atoms with E-state index in [2.05, 4.69) is 68.8 Å². The molecule has 1 aliphatic rings. The van der Waals surface area contributed by atoms with Gasteiger partial charge >= 0.3 is 0 Å². The largest absolute Gasteiger partial charge is 0.390 e. The van der Waals surface area contributed by atoms with Gasteiger partial charge in [0.05, 0.1) is 12.6 Å². The maximum absolute atomic E-state index is 10.7. The van der Waals surface area contributed by atoms with Crippen LogP contribution in [0, 0.1) is 0 Å². The Bertz CT molecular complexity index is 794. The zero-order valence-corrected chi connectivity index (χ0v) is 14.7. The summed E-state index contributed by atoms with van der Waals surface area (Å²) in [5.41, 5.74) is 2.39. The van der Waals surface area contributed by atoms with Crippen molar-refractivity contribution >= 4 is 33.9 Å². The molecule has 0 amide bonds. The minimum Gasteiger partial charge on any atom is -0.390 e. The Labute approximate surface area is 146 Å². The standard InChI is InChI=1S/C19H23N3OS/c1-20-11-6-12-21(24-20)13-15(23)14-22-18-9-4-2-7-16(18)17-8-3-5-10-19(17)22/h2-5,7-10,15,23H,6,11-14H2,1H3. The fourth-order valence-electron chi connectivity index (χ4n) is 3.58. The summed E-state index contributed by atoms with van der Waals surface area (Å²) in [7, 11) is 2.11. The number of aliphatic hydroxyl groups is 1. The van der Waals surface area contributed by atoms with Gasteiger partial charge in [0.1, 0.15) is 0 Å². The Morgan fingerprint density at radius 1 is 0.958 bits per heavy atom. The number of hydrogen-bond acceptors (Lipinski definition) is 4. The first-order chi connectivity index (χ1) is 11.7. The molecule has 0 spiro atoms. The number of hydrogen-bond donors (Lipinski definition) is 1. The average molecular weight is 341 g/mol. The van der Waals surface area contributed by atoms with Gasteiger partial charge in [0, 0.05) is 53.6 Å². The SMILES string of the molecule is CN1CCCN(CC(O)Cn2c3ccccc3c3ccccc32)S1. The molecule has 4 nitrogen and oxygen atoms in total. The molecule has 1 N–H and O–H groups in total. The lowest BCUT2D eigenvalue weighted by atomic mass is 10.2. The van der Waals surface area contributed by atoms with Crippen LogP contribution in [0.2, 0.25) is 0 Å². The highest BCUT2D eigenvalue weighted by Gasteiger charge is 2.20. The van der Waals surface area contributed by atoms with E-state index in [-0.39, 0.29) is 6.10 Å². The number of para-hydroxylation sites is 2. The number of benzene rings is 2. The molecule has 1 aromatic heterocycles. The molecule has 1 aliphatic heterocycles. The lowest BCUT2D eigenvalue weighted by Crippen LogP contribution is -2.37. The van der Waals surface area contributed by atoms with Crippen LogP contribution < -0.4 is 0 Å². The van der Waals surface area contributed by atoms with Gasteiger partial charge in [-0.2, -0.15) is 0 Å². The van der Waals surface area contributed by atoms with E-state index in [0.717, 1.165) is 19.5 Å². The first-order valence-corrected chi connectivity index (χ1v) is 9.23. The third kappa shape index (κ3) is 3.05. The minimum atomic E-state index is -0.386. The van der Waals surface area contributed by atoms with Crippen LogP contribution in [0.25, 0.3) is 21.8 Å². The van der Waals surface area contributed by atoms with Crippen molar-refractivity contribution in [2.75, 3.05) is 26.7 Å². The summed E-state index contributed by atoms with van der Waals surface area (Å²) in [5.74, 6) is 0. The molecule has 0 aliphatic carbocycles. The Morgan fingerprint density at radius 3 is 2.21 bits per heavy atom. The summed E-state index contributed by atoms with van der Waals surface area (Å²) < 4.78 is 6.76. The molecule has 1 fully saturated rings. The molecule has 0 saturated carbocycles. The normalized spacial score (nSPS) is 18.4. The number of fused-ring (bicyclic) bond motifs is 3. The highest BCUT2D eigenvalue weighted by molar-refractivity contribution is 7.94. The van der Waals surface area contributed by atoms with Gasteiger partial charge in [-0.25, -0.2) is 8.61 Å². The predicted octanol–water partition coefficient (Wildman–Crippen LogP) is 3.36. The quantitative estimate of drug-likeness (QED) is 0.738.